The minimum absolute atomic E-state index is 0.0305. The molecular weight excluding hydrogens is 681 g/mol. The second kappa shape index (κ2) is 50.4. The molecule has 56 heavy (non-hydrogen) atoms. The van der Waals surface area contributed by atoms with Crippen LogP contribution in [-0.2, 0) is 9.53 Å². The number of unbranched alkanes of at least 4 members (excludes halogenated alkanes) is 41. The zero-order valence-electron chi connectivity index (χ0n) is 39.3. The first-order chi connectivity index (χ1) is 27.7. The van der Waals surface area contributed by atoms with Gasteiger partial charge < -0.3 is 4.74 Å². The van der Waals surface area contributed by atoms with Gasteiger partial charge in [-0.3, -0.25) is 4.79 Å². The Morgan fingerprint density at radius 1 is 0.357 bits per heavy atom. The Labute approximate surface area is 355 Å². The van der Waals surface area contributed by atoms with Crippen LogP contribution >= 0.6 is 0 Å². The quantitative estimate of drug-likeness (QED) is 0.0349. The molecule has 0 heterocycles. The summed E-state index contributed by atoms with van der Waals surface area (Å²) in [5, 5.41) is 0. The number of carbonyl (C=O) groups excluding carboxylic acids is 1. The predicted octanol–water partition coefficient (Wildman–Crippen LogP) is 19.7. The van der Waals surface area contributed by atoms with Crippen LogP contribution in [0.15, 0.2) is 12.2 Å². The molecule has 0 fully saturated rings. The summed E-state index contributed by atoms with van der Waals surface area (Å²) >= 11 is 0. The van der Waals surface area contributed by atoms with E-state index in [4.69, 9.17) is 4.74 Å². The van der Waals surface area contributed by atoms with Crippen molar-refractivity contribution < 1.29 is 9.53 Å². The average Bonchev–Trinajstić information content (AvgIpc) is 3.19. The largest absolute Gasteiger partial charge is 0.466 e. The number of rotatable bonds is 49. The van der Waals surface area contributed by atoms with Crippen molar-refractivity contribution in [2.24, 2.45) is 5.92 Å². The van der Waals surface area contributed by atoms with Crippen LogP contribution in [0.25, 0.3) is 0 Å². The highest BCUT2D eigenvalue weighted by atomic mass is 16.5. The van der Waals surface area contributed by atoms with Gasteiger partial charge >= 0.3 is 5.97 Å². The molecule has 0 saturated heterocycles. The SMILES string of the molecule is CCCCCCCC/C=C/CCCCCCCCCCCCCC(=O)OCCCCCCCCCCCCCCCCCCCCCCCCCCCC(C)C. The molecule has 0 N–H and O–H groups in total. The fraction of sp³-hybridized carbons (Fsp3) is 0.944. The highest BCUT2D eigenvalue weighted by Gasteiger charge is 2.03. The highest BCUT2D eigenvalue weighted by molar-refractivity contribution is 5.69. The molecule has 0 amide bonds. The normalized spacial score (nSPS) is 11.8. The van der Waals surface area contributed by atoms with Crippen LogP contribution in [0.2, 0.25) is 0 Å². The van der Waals surface area contributed by atoms with Crippen LogP contribution in [-0.4, -0.2) is 12.6 Å². The summed E-state index contributed by atoms with van der Waals surface area (Å²) in [4.78, 5) is 12.1. The molecule has 0 aromatic carbocycles. The molecular formula is C54H106O2. The van der Waals surface area contributed by atoms with Crippen LogP contribution in [0.5, 0.6) is 0 Å². The standard InChI is InChI=1S/C54H106O2/c1-4-5-6-7-8-9-10-11-12-13-14-20-24-27-30-33-36-39-42-45-48-51-54(55)56-52-49-46-43-40-37-34-31-28-25-22-19-17-15-16-18-21-23-26-29-32-35-38-41-44-47-50-53(2)3/h11-12,53H,4-10,13-52H2,1-3H3/b12-11+. The minimum atomic E-state index is 0.0305. The van der Waals surface area contributed by atoms with Crippen molar-refractivity contribution in [2.45, 2.75) is 316 Å². The zero-order valence-corrected chi connectivity index (χ0v) is 39.3. The number of allylic oxidation sites excluding steroid dienone is 2. The maximum Gasteiger partial charge on any atom is 0.305 e. The Bertz CT molecular complexity index is 741. The fourth-order valence-electron chi connectivity index (χ4n) is 8.38. The lowest BCUT2D eigenvalue weighted by Crippen LogP contribution is -2.05. The Balaban J connectivity index is 3.16. The highest BCUT2D eigenvalue weighted by Crippen LogP contribution is 2.18. The second-order valence-corrected chi connectivity index (χ2v) is 18.7. The molecule has 0 aliphatic carbocycles. The van der Waals surface area contributed by atoms with E-state index in [0.29, 0.717) is 13.0 Å². The third-order valence-electron chi connectivity index (χ3n) is 12.3. The molecule has 334 valence electrons. The minimum Gasteiger partial charge on any atom is -0.466 e. The first kappa shape index (κ1) is 55.2. The number of hydrogen-bond acceptors (Lipinski definition) is 2. The van der Waals surface area contributed by atoms with Crippen LogP contribution in [0.3, 0.4) is 0 Å². The summed E-state index contributed by atoms with van der Waals surface area (Å²) in [7, 11) is 0. The summed E-state index contributed by atoms with van der Waals surface area (Å²) in [6.45, 7) is 7.62. The Morgan fingerprint density at radius 2 is 0.625 bits per heavy atom. The smallest absolute Gasteiger partial charge is 0.305 e. The van der Waals surface area contributed by atoms with Crippen LogP contribution < -0.4 is 0 Å². The van der Waals surface area contributed by atoms with E-state index >= 15 is 0 Å². The monoisotopic (exact) mass is 787 g/mol. The molecule has 0 aliphatic rings. The Hall–Kier alpha value is -0.790. The van der Waals surface area contributed by atoms with E-state index in [1.807, 2.05) is 0 Å². The van der Waals surface area contributed by atoms with E-state index < -0.39 is 0 Å². The van der Waals surface area contributed by atoms with Gasteiger partial charge in [-0.05, 0) is 44.4 Å². The van der Waals surface area contributed by atoms with Crippen molar-refractivity contribution >= 4 is 5.97 Å². The summed E-state index contributed by atoms with van der Waals surface area (Å²) in [5.74, 6) is 0.917. The first-order valence-electron chi connectivity index (χ1n) is 26.5. The maximum atomic E-state index is 12.1. The predicted molar refractivity (Wildman–Crippen MR) is 253 cm³/mol. The molecule has 2 nitrogen and oxygen atoms in total. The van der Waals surface area contributed by atoms with Gasteiger partial charge in [0.15, 0.2) is 0 Å². The molecule has 0 aromatic heterocycles. The topological polar surface area (TPSA) is 26.3 Å². The average molecular weight is 787 g/mol. The van der Waals surface area contributed by atoms with Crippen LogP contribution in [0, 0.1) is 5.92 Å². The molecule has 0 saturated carbocycles. The number of hydrogen-bond donors (Lipinski definition) is 0. The first-order valence-corrected chi connectivity index (χ1v) is 26.5. The Morgan fingerprint density at radius 3 is 0.946 bits per heavy atom. The van der Waals surface area contributed by atoms with Crippen LogP contribution in [0.1, 0.15) is 316 Å². The lowest BCUT2D eigenvalue weighted by atomic mass is 10.0. The van der Waals surface area contributed by atoms with E-state index in [2.05, 4.69) is 32.9 Å². The van der Waals surface area contributed by atoms with Crippen molar-refractivity contribution in [2.75, 3.05) is 6.61 Å². The molecule has 2 heteroatoms. The lowest BCUT2D eigenvalue weighted by molar-refractivity contribution is -0.143. The summed E-state index contributed by atoms with van der Waals surface area (Å²) in [6.07, 6.45) is 67.9. The Kier molecular flexibility index (Phi) is 49.6. The van der Waals surface area contributed by atoms with E-state index in [1.54, 1.807) is 0 Å². The van der Waals surface area contributed by atoms with Crippen molar-refractivity contribution in [3.8, 4) is 0 Å². The summed E-state index contributed by atoms with van der Waals surface area (Å²) in [6, 6.07) is 0. The van der Waals surface area contributed by atoms with Crippen molar-refractivity contribution in [1.29, 1.82) is 0 Å². The van der Waals surface area contributed by atoms with Gasteiger partial charge in [0.2, 0.25) is 0 Å². The van der Waals surface area contributed by atoms with Gasteiger partial charge in [0.05, 0.1) is 6.61 Å². The third kappa shape index (κ3) is 51.2. The number of carbonyl (C=O) groups is 1. The summed E-state index contributed by atoms with van der Waals surface area (Å²) in [5.41, 5.74) is 0. The molecule has 0 radical (unpaired) electrons. The van der Waals surface area contributed by atoms with E-state index in [1.165, 1.54) is 276 Å². The van der Waals surface area contributed by atoms with Crippen molar-refractivity contribution in [1.82, 2.24) is 0 Å². The van der Waals surface area contributed by atoms with Crippen LogP contribution in [0.4, 0.5) is 0 Å². The van der Waals surface area contributed by atoms with E-state index in [-0.39, 0.29) is 5.97 Å². The second-order valence-electron chi connectivity index (χ2n) is 18.7. The summed E-state index contributed by atoms with van der Waals surface area (Å²) < 4.78 is 5.50. The zero-order chi connectivity index (χ0) is 40.5. The third-order valence-corrected chi connectivity index (χ3v) is 12.3. The van der Waals surface area contributed by atoms with E-state index in [9.17, 15) is 4.79 Å². The van der Waals surface area contributed by atoms with Gasteiger partial charge in [0.25, 0.3) is 0 Å². The van der Waals surface area contributed by atoms with Gasteiger partial charge in [0.1, 0.15) is 0 Å². The van der Waals surface area contributed by atoms with Gasteiger partial charge in [-0.25, -0.2) is 0 Å². The number of ether oxygens (including phenoxy) is 1. The maximum absolute atomic E-state index is 12.1. The van der Waals surface area contributed by atoms with E-state index in [0.717, 1.165) is 18.8 Å². The lowest BCUT2D eigenvalue weighted by Gasteiger charge is -2.06. The molecule has 0 aromatic rings. The van der Waals surface area contributed by atoms with Gasteiger partial charge in [-0.1, -0.05) is 283 Å². The number of esters is 1. The molecule has 0 unspecified atom stereocenters. The molecule has 0 rings (SSSR count). The molecule has 0 spiro atoms. The van der Waals surface area contributed by atoms with Crippen molar-refractivity contribution in [3.63, 3.8) is 0 Å². The van der Waals surface area contributed by atoms with Crippen molar-refractivity contribution in [3.05, 3.63) is 12.2 Å². The molecule has 0 bridgehead atoms. The molecule has 0 aliphatic heterocycles. The van der Waals surface area contributed by atoms with Gasteiger partial charge in [-0.2, -0.15) is 0 Å². The fourth-order valence-corrected chi connectivity index (χ4v) is 8.38. The molecule has 0 atom stereocenters. The van der Waals surface area contributed by atoms with Gasteiger partial charge in [-0.15, -0.1) is 0 Å². The van der Waals surface area contributed by atoms with Gasteiger partial charge in [0, 0.05) is 6.42 Å².